The van der Waals surface area contributed by atoms with Crippen LogP contribution in [0.15, 0.2) is 66.7 Å². The number of hydrogen-bond donors (Lipinski definition) is 1. The molecule has 3 rings (SSSR count). The van der Waals surface area contributed by atoms with Crippen molar-refractivity contribution in [3.63, 3.8) is 0 Å². The van der Waals surface area contributed by atoms with Crippen LogP contribution in [-0.4, -0.2) is 12.5 Å². The maximum atomic E-state index is 13.0. The van der Waals surface area contributed by atoms with Gasteiger partial charge in [0.1, 0.15) is 23.9 Å². The van der Waals surface area contributed by atoms with Gasteiger partial charge in [-0.25, -0.2) is 4.39 Å². The molecule has 0 fully saturated rings. The van der Waals surface area contributed by atoms with Crippen LogP contribution >= 0.6 is 0 Å². The highest BCUT2D eigenvalue weighted by Crippen LogP contribution is 2.24. The van der Waals surface area contributed by atoms with Crippen molar-refractivity contribution in [1.29, 1.82) is 0 Å². The molecule has 0 aliphatic carbocycles. The predicted molar refractivity (Wildman–Crippen MR) is 111 cm³/mol. The molecule has 0 spiro atoms. The average Bonchev–Trinajstić information content (AvgIpc) is 2.73. The van der Waals surface area contributed by atoms with E-state index in [1.165, 1.54) is 12.1 Å². The Kier molecular flexibility index (Phi) is 6.85. The summed E-state index contributed by atoms with van der Waals surface area (Å²) in [7, 11) is 0. The molecule has 29 heavy (non-hydrogen) atoms. The van der Waals surface area contributed by atoms with E-state index in [4.69, 9.17) is 9.47 Å². The van der Waals surface area contributed by atoms with Crippen molar-refractivity contribution >= 4 is 5.91 Å². The maximum Gasteiger partial charge on any atom is 0.251 e. The molecule has 0 atom stereocenters. The molecule has 1 N–H and O–H groups in total. The number of halogens is 1. The number of para-hydroxylation sites is 1. The summed E-state index contributed by atoms with van der Waals surface area (Å²) >= 11 is 0. The Labute approximate surface area is 170 Å². The van der Waals surface area contributed by atoms with E-state index in [0.29, 0.717) is 31.1 Å². The molecule has 4 nitrogen and oxygen atoms in total. The Morgan fingerprint density at radius 1 is 0.966 bits per heavy atom. The molecule has 1 amide bonds. The van der Waals surface area contributed by atoms with E-state index in [1.807, 2.05) is 38.1 Å². The fourth-order valence-corrected chi connectivity index (χ4v) is 2.89. The van der Waals surface area contributed by atoms with Gasteiger partial charge in [0.15, 0.2) is 0 Å². The minimum absolute atomic E-state index is 0.213. The van der Waals surface area contributed by atoms with Crippen LogP contribution in [0.3, 0.4) is 0 Å². The number of aryl methyl sites for hydroxylation is 1. The van der Waals surface area contributed by atoms with E-state index < -0.39 is 0 Å². The normalized spacial score (nSPS) is 10.4. The Bertz CT molecular complexity index is 970. The molecule has 0 unspecified atom stereocenters. The Morgan fingerprint density at radius 3 is 2.45 bits per heavy atom. The Balaban J connectivity index is 1.71. The molecule has 0 aliphatic rings. The lowest BCUT2D eigenvalue weighted by atomic mass is 10.1. The second-order valence-electron chi connectivity index (χ2n) is 6.62. The minimum Gasteiger partial charge on any atom is -0.493 e. The number of benzene rings is 3. The Hall–Kier alpha value is -3.34. The molecule has 0 aliphatic heterocycles. The molecular formula is C24H24FNO3. The molecule has 0 saturated heterocycles. The topological polar surface area (TPSA) is 47.6 Å². The van der Waals surface area contributed by atoms with Gasteiger partial charge in [0, 0.05) is 17.7 Å². The number of carbonyl (C=O) groups excluding carboxylic acids is 1. The average molecular weight is 393 g/mol. The quantitative estimate of drug-likeness (QED) is 0.583. The molecule has 3 aromatic rings. The highest BCUT2D eigenvalue weighted by molar-refractivity contribution is 5.94. The largest absolute Gasteiger partial charge is 0.493 e. The molecule has 5 heteroatoms. The third-order valence-electron chi connectivity index (χ3n) is 4.47. The first-order valence-electron chi connectivity index (χ1n) is 9.53. The SMILES string of the molecule is CCOc1ccc(C(=O)NCc2ccc(F)cc2)cc1COc1ccccc1C. The number of ether oxygens (including phenoxy) is 2. The van der Waals surface area contributed by atoms with Crippen molar-refractivity contribution < 1.29 is 18.7 Å². The number of carbonyl (C=O) groups is 1. The van der Waals surface area contributed by atoms with E-state index in [2.05, 4.69) is 5.32 Å². The van der Waals surface area contributed by atoms with Crippen LogP contribution in [0.5, 0.6) is 11.5 Å². The van der Waals surface area contributed by atoms with Gasteiger partial charge in [-0.05, 0) is 61.4 Å². The van der Waals surface area contributed by atoms with Gasteiger partial charge in [0.05, 0.1) is 6.61 Å². The lowest BCUT2D eigenvalue weighted by molar-refractivity contribution is 0.0950. The van der Waals surface area contributed by atoms with Crippen LogP contribution in [0.2, 0.25) is 0 Å². The first kappa shape index (κ1) is 20.4. The summed E-state index contributed by atoms with van der Waals surface area (Å²) in [6, 6.07) is 19.1. The van der Waals surface area contributed by atoms with Crippen molar-refractivity contribution in [1.82, 2.24) is 5.32 Å². The number of hydrogen-bond acceptors (Lipinski definition) is 3. The predicted octanol–water partition coefficient (Wildman–Crippen LogP) is 5.04. The fraction of sp³-hybridized carbons (Fsp3) is 0.208. The molecule has 0 heterocycles. The smallest absolute Gasteiger partial charge is 0.251 e. The van der Waals surface area contributed by atoms with Crippen LogP contribution in [0, 0.1) is 12.7 Å². The van der Waals surface area contributed by atoms with Gasteiger partial charge >= 0.3 is 0 Å². The van der Waals surface area contributed by atoms with Gasteiger partial charge in [-0.2, -0.15) is 0 Å². The van der Waals surface area contributed by atoms with E-state index in [1.54, 1.807) is 30.3 Å². The summed E-state index contributed by atoms with van der Waals surface area (Å²) < 4.78 is 24.6. The van der Waals surface area contributed by atoms with E-state index in [9.17, 15) is 9.18 Å². The van der Waals surface area contributed by atoms with Crippen LogP contribution in [0.4, 0.5) is 4.39 Å². The van der Waals surface area contributed by atoms with E-state index >= 15 is 0 Å². The molecule has 0 saturated carbocycles. The van der Waals surface area contributed by atoms with Gasteiger partial charge in [-0.3, -0.25) is 4.79 Å². The summed E-state index contributed by atoms with van der Waals surface area (Å²) in [5.74, 6) is 0.969. The molecule has 0 radical (unpaired) electrons. The van der Waals surface area contributed by atoms with Crippen molar-refractivity contribution in [2.24, 2.45) is 0 Å². The highest BCUT2D eigenvalue weighted by atomic mass is 19.1. The van der Waals surface area contributed by atoms with Crippen molar-refractivity contribution in [3.05, 3.63) is 94.8 Å². The molecular weight excluding hydrogens is 369 g/mol. The van der Waals surface area contributed by atoms with E-state index in [0.717, 1.165) is 22.4 Å². The van der Waals surface area contributed by atoms with Crippen LogP contribution in [0.1, 0.15) is 34.0 Å². The first-order chi connectivity index (χ1) is 14.1. The van der Waals surface area contributed by atoms with Crippen LogP contribution in [-0.2, 0) is 13.2 Å². The lowest BCUT2D eigenvalue weighted by Gasteiger charge is -2.14. The summed E-state index contributed by atoms with van der Waals surface area (Å²) in [5.41, 5.74) is 3.18. The zero-order valence-corrected chi connectivity index (χ0v) is 16.6. The summed E-state index contributed by atoms with van der Waals surface area (Å²) in [6.45, 7) is 5.03. The zero-order valence-electron chi connectivity index (χ0n) is 16.6. The lowest BCUT2D eigenvalue weighted by Crippen LogP contribution is -2.23. The van der Waals surface area contributed by atoms with E-state index in [-0.39, 0.29) is 11.7 Å². The Morgan fingerprint density at radius 2 is 1.72 bits per heavy atom. The zero-order chi connectivity index (χ0) is 20.6. The van der Waals surface area contributed by atoms with Gasteiger partial charge in [0.25, 0.3) is 5.91 Å². The van der Waals surface area contributed by atoms with Gasteiger partial charge in [-0.15, -0.1) is 0 Å². The molecule has 0 bridgehead atoms. The third kappa shape index (κ3) is 5.57. The third-order valence-corrected chi connectivity index (χ3v) is 4.47. The van der Waals surface area contributed by atoms with Gasteiger partial charge in [0.2, 0.25) is 0 Å². The fourth-order valence-electron chi connectivity index (χ4n) is 2.89. The first-order valence-corrected chi connectivity index (χ1v) is 9.53. The summed E-state index contributed by atoms with van der Waals surface area (Å²) in [6.07, 6.45) is 0. The second kappa shape index (κ2) is 9.73. The molecule has 0 aromatic heterocycles. The summed E-state index contributed by atoms with van der Waals surface area (Å²) in [5, 5.41) is 2.85. The standard InChI is InChI=1S/C24H24FNO3/c1-3-28-23-13-10-19(24(27)26-15-18-8-11-21(25)12-9-18)14-20(23)16-29-22-7-5-4-6-17(22)2/h4-14H,3,15-16H2,1-2H3,(H,26,27). The van der Waals surface area contributed by atoms with Crippen molar-refractivity contribution in [2.75, 3.05) is 6.61 Å². The van der Waals surface area contributed by atoms with Gasteiger partial charge < -0.3 is 14.8 Å². The maximum absolute atomic E-state index is 13.0. The summed E-state index contributed by atoms with van der Waals surface area (Å²) in [4.78, 5) is 12.6. The molecule has 150 valence electrons. The molecule has 3 aromatic carbocycles. The van der Waals surface area contributed by atoms with Crippen molar-refractivity contribution in [3.8, 4) is 11.5 Å². The van der Waals surface area contributed by atoms with Crippen LogP contribution < -0.4 is 14.8 Å². The number of nitrogens with one attached hydrogen (secondary N) is 1. The highest BCUT2D eigenvalue weighted by Gasteiger charge is 2.12. The number of amides is 1. The number of rotatable bonds is 8. The van der Waals surface area contributed by atoms with Gasteiger partial charge in [-0.1, -0.05) is 30.3 Å². The van der Waals surface area contributed by atoms with Crippen molar-refractivity contribution in [2.45, 2.75) is 27.0 Å². The van der Waals surface area contributed by atoms with Crippen LogP contribution in [0.25, 0.3) is 0 Å². The second-order valence-corrected chi connectivity index (χ2v) is 6.62. The monoisotopic (exact) mass is 393 g/mol. The minimum atomic E-state index is -0.301.